The fraction of sp³-hybridized carbons (Fsp3) is 0.500. The molecule has 0 spiro atoms. The van der Waals surface area contributed by atoms with Gasteiger partial charge in [0.15, 0.2) is 0 Å². The topological polar surface area (TPSA) is 37.4 Å². The molecule has 2 aliphatic rings. The number of anilines is 2. The number of nitrogens with zero attached hydrogens (tertiary/aromatic N) is 2. The van der Waals surface area contributed by atoms with Crippen LogP contribution >= 0.6 is 0 Å². The van der Waals surface area contributed by atoms with Gasteiger partial charge in [-0.3, -0.25) is 9.88 Å². The quantitative estimate of drug-likeness (QED) is 0.853. The van der Waals surface area contributed by atoms with Crippen molar-refractivity contribution in [3.8, 4) is 0 Å². The molecule has 1 aromatic heterocycles. The highest BCUT2D eigenvalue weighted by Crippen LogP contribution is 2.31. The monoisotopic (exact) mass is 369 g/mol. The minimum atomic E-state index is -0.220. The van der Waals surface area contributed by atoms with Gasteiger partial charge in [-0.1, -0.05) is 0 Å². The molecule has 5 heteroatoms. The Morgan fingerprint density at radius 2 is 1.85 bits per heavy atom. The van der Waals surface area contributed by atoms with Crippen LogP contribution in [0.1, 0.15) is 43.0 Å². The second-order valence-electron chi connectivity index (χ2n) is 7.73. The number of hydrogen-bond donors (Lipinski definition) is 1. The van der Waals surface area contributed by atoms with E-state index in [0.717, 1.165) is 55.4 Å². The molecule has 4 nitrogen and oxygen atoms in total. The summed E-state index contributed by atoms with van der Waals surface area (Å²) in [6.07, 6.45) is 4.70. The van der Waals surface area contributed by atoms with E-state index in [1.807, 2.05) is 13.0 Å². The number of nitrogens with one attached hydrogen (secondary N) is 1. The molecule has 0 bridgehead atoms. The van der Waals surface area contributed by atoms with Crippen LogP contribution < -0.4 is 5.32 Å². The van der Waals surface area contributed by atoms with E-state index in [1.54, 1.807) is 12.1 Å². The molecule has 1 atom stereocenters. The zero-order chi connectivity index (χ0) is 18.6. The van der Waals surface area contributed by atoms with Crippen LogP contribution in [0.25, 0.3) is 0 Å². The van der Waals surface area contributed by atoms with Gasteiger partial charge in [-0.15, -0.1) is 0 Å². The van der Waals surface area contributed by atoms with Gasteiger partial charge < -0.3 is 10.1 Å². The second kappa shape index (κ2) is 8.36. The van der Waals surface area contributed by atoms with Gasteiger partial charge in [0.25, 0.3) is 0 Å². The molecule has 0 saturated carbocycles. The van der Waals surface area contributed by atoms with Crippen molar-refractivity contribution in [2.45, 2.75) is 44.6 Å². The van der Waals surface area contributed by atoms with E-state index in [2.05, 4.69) is 16.3 Å². The third-order valence-corrected chi connectivity index (χ3v) is 5.68. The zero-order valence-corrected chi connectivity index (χ0v) is 16.0. The summed E-state index contributed by atoms with van der Waals surface area (Å²) in [6, 6.07) is 11.3. The highest BCUT2D eigenvalue weighted by atomic mass is 19.1. The van der Waals surface area contributed by atoms with Gasteiger partial charge in [0.2, 0.25) is 0 Å². The summed E-state index contributed by atoms with van der Waals surface area (Å²) < 4.78 is 18.7. The first-order valence-corrected chi connectivity index (χ1v) is 10.0. The van der Waals surface area contributed by atoms with Crippen LogP contribution in [-0.2, 0) is 4.74 Å². The van der Waals surface area contributed by atoms with Gasteiger partial charge in [-0.2, -0.15) is 0 Å². The molecule has 3 heterocycles. The SMILES string of the molecule is Cc1cc(Nc2ccc(F)cc2)cc(C2CCCN(C3CCOCC3)C2)n1. The van der Waals surface area contributed by atoms with Crippen LogP contribution in [0.5, 0.6) is 0 Å². The highest BCUT2D eigenvalue weighted by molar-refractivity contribution is 5.60. The Balaban J connectivity index is 1.49. The standard InChI is InChI=1S/C22H28FN3O/c1-16-13-20(25-19-6-4-18(23)5-7-19)14-22(24-16)17-3-2-10-26(15-17)21-8-11-27-12-9-21/h4-7,13-14,17,21H,2-3,8-12,15H2,1H3,(H,24,25). The average molecular weight is 369 g/mol. The number of ether oxygens (including phenoxy) is 1. The maximum absolute atomic E-state index is 13.1. The van der Waals surface area contributed by atoms with Gasteiger partial charge in [0.05, 0.1) is 0 Å². The van der Waals surface area contributed by atoms with Crippen molar-refractivity contribution < 1.29 is 9.13 Å². The van der Waals surface area contributed by atoms with Gasteiger partial charge >= 0.3 is 0 Å². The molecule has 1 aromatic carbocycles. The highest BCUT2D eigenvalue weighted by Gasteiger charge is 2.28. The van der Waals surface area contributed by atoms with Gasteiger partial charge in [-0.25, -0.2) is 4.39 Å². The zero-order valence-electron chi connectivity index (χ0n) is 16.0. The Morgan fingerprint density at radius 1 is 1.07 bits per heavy atom. The molecule has 0 aliphatic carbocycles. The van der Waals surface area contributed by atoms with Crippen molar-refractivity contribution in [2.24, 2.45) is 0 Å². The van der Waals surface area contributed by atoms with E-state index in [1.165, 1.54) is 31.5 Å². The van der Waals surface area contributed by atoms with E-state index in [4.69, 9.17) is 9.72 Å². The van der Waals surface area contributed by atoms with Crippen LogP contribution in [0, 0.1) is 12.7 Å². The third-order valence-electron chi connectivity index (χ3n) is 5.68. The molecule has 2 saturated heterocycles. The summed E-state index contributed by atoms with van der Waals surface area (Å²) in [5.41, 5.74) is 4.09. The Kier molecular flexibility index (Phi) is 5.69. The van der Waals surface area contributed by atoms with E-state index in [9.17, 15) is 4.39 Å². The van der Waals surface area contributed by atoms with Crippen molar-refractivity contribution in [2.75, 3.05) is 31.6 Å². The van der Waals surface area contributed by atoms with Crippen LogP contribution in [0.4, 0.5) is 15.8 Å². The van der Waals surface area contributed by atoms with Crippen molar-refractivity contribution in [3.05, 3.63) is 53.6 Å². The van der Waals surface area contributed by atoms with Gasteiger partial charge in [0.1, 0.15) is 5.82 Å². The lowest BCUT2D eigenvalue weighted by atomic mass is 9.91. The minimum absolute atomic E-state index is 0.220. The van der Waals surface area contributed by atoms with Gasteiger partial charge in [0, 0.05) is 54.5 Å². The first kappa shape index (κ1) is 18.4. The molecule has 0 amide bonds. The Bertz CT molecular complexity index is 759. The Morgan fingerprint density at radius 3 is 2.63 bits per heavy atom. The lowest BCUT2D eigenvalue weighted by Crippen LogP contribution is -2.44. The van der Waals surface area contributed by atoms with Crippen molar-refractivity contribution in [1.29, 1.82) is 0 Å². The van der Waals surface area contributed by atoms with E-state index >= 15 is 0 Å². The molecule has 27 heavy (non-hydrogen) atoms. The fourth-order valence-corrected chi connectivity index (χ4v) is 4.31. The fourth-order valence-electron chi connectivity index (χ4n) is 4.31. The average Bonchev–Trinajstić information content (AvgIpc) is 2.70. The number of pyridine rings is 1. The van der Waals surface area contributed by atoms with E-state index in [0.29, 0.717) is 12.0 Å². The molecule has 1 unspecified atom stereocenters. The van der Waals surface area contributed by atoms with E-state index in [-0.39, 0.29) is 5.82 Å². The predicted molar refractivity (Wildman–Crippen MR) is 106 cm³/mol. The second-order valence-corrected chi connectivity index (χ2v) is 7.73. The summed E-state index contributed by atoms with van der Waals surface area (Å²) in [7, 11) is 0. The van der Waals surface area contributed by atoms with Crippen LogP contribution in [-0.4, -0.2) is 42.2 Å². The maximum atomic E-state index is 13.1. The molecule has 2 aromatic rings. The summed E-state index contributed by atoms with van der Waals surface area (Å²) >= 11 is 0. The maximum Gasteiger partial charge on any atom is 0.123 e. The third kappa shape index (κ3) is 4.66. The summed E-state index contributed by atoms with van der Waals surface area (Å²) in [4.78, 5) is 7.49. The number of hydrogen-bond acceptors (Lipinski definition) is 4. The van der Waals surface area contributed by atoms with Crippen molar-refractivity contribution in [1.82, 2.24) is 9.88 Å². The molecular weight excluding hydrogens is 341 g/mol. The van der Waals surface area contributed by atoms with Crippen LogP contribution in [0.2, 0.25) is 0 Å². The smallest absolute Gasteiger partial charge is 0.123 e. The number of halogens is 1. The van der Waals surface area contributed by atoms with Crippen LogP contribution in [0.15, 0.2) is 36.4 Å². The largest absolute Gasteiger partial charge is 0.381 e. The molecule has 2 aliphatic heterocycles. The Hall–Kier alpha value is -1.98. The van der Waals surface area contributed by atoms with Crippen molar-refractivity contribution in [3.63, 3.8) is 0 Å². The predicted octanol–water partition coefficient (Wildman–Crippen LogP) is 4.63. The van der Waals surface area contributed by atoms with Crippen molar-refractivity contribution >= 4 is 11.4 Å². The minimum Gasteiger partial charge on any atom is -0.381 e. The van der Waals surface area contributed by atoms with E-state index < -0.39 is 0 Å². The number of likely N-dealkylation sites (tertiary alicyclic amines) is 1. The van der Waals surface area contributed by atoms with Crippen LogP contribution in [0.3, 0.4) is 0 Å². The number of rotatable bonds is 4. The molecule has 1 N–H and O–H groups in total. The summed E-state index contributed by atoms with van der Waals surface area (Å²) in [5.74, 6) is 0.248. The number of aromatic nitrogens is 1. The molecule has 2 fully saturated rings. The summed E-state index contributed by atoms with van der Waals surface area (Å²) in [5, 5.41) is 3.39. The summed E-state index contributed by atoms with van der Waals surface area (Å²) in [6.45, 7) is 6.09. The number of piperidine rings is 1. The lowest BCUT2D eigenvalue weighted by Gasteiger charge is -2.39. The Labute approximate surface area is 160 Å². The molecule has 0 radical (unpaired) electrons. The first-order chi connectivity index (χ1) is 13.2. The molecular formula is C22H28FN3O. The first-order valence-electron chi connectivity index (χ1n) is 10.0. The number of benzene rings is 1. The molecule has 144 valence electrons. The normalized spacial score (nSPS) is 21.9. The molecule has 4 rings (SSSR count). The lowest BCUT2D eigenvalue weighted by molar-refractivity contribution is 0.0237. The number of aryl methyl sites for hydroxylation is 1. The van der Waals surface area contributed by atoms with Gasteiger partial charge in [-0.05, 0) is 75.5 Å².